The van der Waals surface area contributed by atoms with E-state index in [1.54, 1.807) is 49.3 Å². The van der Waals surface area contributed by atoms with Crippen LogP contribution in [-0.2, 0) is 4.79 Å². The maximum Gasteiger partial charge on any atom is 0.387 e. The molecule has 0 fully saturated rings. The van der Waals surface area contributed by atoms with Crippen LogP contribution in [0.1, 0.15) is 6.92 Å². The largest absolute Gasteiger partial charge is 0.497 e. The van der Waals surface area contributed by atoms with Crippen LogP contribution in [0.3, 0.4) is 0 Å². The molecule has 154 valence electrons. The maximum atomic E-state index is 13.1. The van der Waals surface area contributed by atoms with Gasteiger partial charge in [0.15, 0.2) is 0 Å². The summed E-state index contributed by atoms with van der Waals surface area (Å²) >= 11 is 6.11. The van der Waals surface area contributed by atoms with E-state index in [-0.39, 0.29) is 11.7 Å². The Kier molecular flexibility index (Phi) is 6.22. The number of carbonyl (C=O) groups excluding carboxylic acids is 1. The molecule has 1 aliphatic heterocycles. The fourth-order valence-corrected chi connectivity index (χ4v) is 3.27. The van der Waals surface area contributed by atoms with Gasteiger partial charge in [-0.3, -0.25) is 9.80 Å². The predicted octanol–water partition coefficient (Wildman–Crippen LogP) is 4.43. The summed E-state index contributed by atoms with van der Waals surface area (Å²) < 4.78 is 34.1. The summed E-state index contributed by atoms with van der Waals surface area (Å²) in [6.45, 7) is -0.763. The molecule has 2 aromatic rings. The monoisotopic (exact) mass is 423 g/mol. The first-order valence-corrected chi connectivity index (χ1v) is 9.16. The first kappa shape index (κ1) is 20.9. The Bertz CT molecular complexity index is 922. The molecule has 3 rings (SSSR count). The number of amides is 1. The molecule has 0 aromatic heterocycles. The van der Waals surface area contributed by atoms with E-state index in [2.05, 4.69) is 9.84 Å². The van der Waals surface area contributed by atoms with E-state index < -0.39 is 12.5 Å². The van der Waals surface area contributed by atoms with Crippen LogP contribution in [0, 0.1) is 5.92 Å². The Balaban J connectivity index is 1.73. The number of rotatable bonds is 6. The van der Waals surface area contributed by atoms with Crippen LogP contribution in [-0.4, -0.2) is 38.9 Å². The third-order valence-corrected chi connectivity index (χ3v) is 4.82. The average molecular weight is 424 g/mol. The first-order valence-electron chi connectivity index (χ1n) is 8.78. The number of hydrogen-bond donors (Lipinski definition) is 0. The third-order valence-electron chi connectivity index (χ3n) is 4.61. The summed E-state index contributed by atoms with van der Waals surface area (Å²) in [5.74, 6) is 0.0142. The second-order valence-corrected chi connectivity index (χ2v) is 6.93. The molecular weight excluding hydrogens is 404 g/mol. The Morgan fingerprint density at radius 2 is 1.93 bits per heavy atom. The van der Waals surface area contributed by atoms with Crippen molar-refractivity contribution < 1.29 is 23.0 Å². The molecule has 9 heteroatoms. The fraction of sp³-hybridized carbons (Fsp3) is 0.300. The zero-order valence-corrected chi connectivity index (χ0v) is 16.9. The summed E-state index contributed by atoms with van der Waals surface area (Å²) in [6, 6.07) is 11.2. The number of hydrogen-bond acceptors (Lipinski definition) is 5. The number of benzene rings is 2. The molecule has 2 aromatic carbocycles. The summed E-state index contributed by atoms with van der Waals surface area (Å²) in [5, 5.41) is 6.57. The van der Waals surface area contributed by atoms with Gasteiger partial charge in [-0.1, -0.05) is 11.6 Å². The molecule has 0 N–H and O–H groups in total. The third kappa shape index (κ3) is 4.76. The van der Waals surface area contributed by atoms with Gasteiger partial charge >= 0.3 is 6.61 Å². The lowest BCUT2D eigenvalue weighted by Crippen LogP contribution is -2.38. The van der Waals surface area contributed by atoms with Crippen molar-refractivity contribution in [2.24, 2.45) is 11.0 Å². The summed E-state index contributed by atoms with van der Waals surface area (Å²) in [6.07, 6.45) is 0. The van der Waals surface area contributed by atoms with Gasteiger partial charge in [0.1, 0.15) is 11.5 Å². The minimum absolute atomic E-state index is 0.0610. The Morgan fingerprint density at radius 1 is 1.24 bits per heavy atom. The number of hydrazone groups is 1. The molecule has 0 aliphatic carbocycles. The van der Waals surface area contributed by atoms with Crippen LogP contribution < -0.4 is 19.4 Å². The molecule has 0 spiro atoms. The van der Waals surface area contributed by atoms with Gasteiger partial charge in [0.25, 0.3) is 0 Å². The van der Waals surface area contributed by atoms with E-state index in [4.69, 9.17) is 16.3 Å². The van der Waals surface area contributed by atoms with Crippen LogP contribution >= 0.6 is 11.6 Å². The van der Waals surface area contributed by atoms with E-state index in [0.29, 0.717) is 34.4 Å². The van der Waals surface area contributed by atoms with Gasteiger partial charge in [-0.2, -0.15) is 13.9 Å². The number of anilines is 2. The minimum atomic E-state index is -2.88. The Labute approximate surface area is 172 Å². The molecule has 0 bridgehead atoms. The minimum Gasteiger partial charge on any atom is -0.497 e. The lowest BCUT2D eigenvalue weighted by Gasteiger charge is -2.23. The molecule has 1 amide bonds. The van der Waals surface area contributed by atoms with E-state index in [1.807, 2.05) is 0 Å². The van der Waals surface area contributed by atoms with Crippen molar-refractivity contribution in [2.45, 2.75) is 13.5 Å². The Morgan fingerprint density at radius 3 is 2.55 bits per heavy atom. The molecule has 0 saturated carbocycles. The van der Waals surface area contributed by atoms with Crippen LogP contribution in [0.2, 0.25) is 5.02 Å². The predicted molar refractivity (Wildman–Crippen MR) is 108 cm³/mol. The molecule has 1 heterocycles. The van der Waals surface area contributed by atoms with E-state index in [9.17, 15) is 13.6 Å². The SMILES string of the molecule is COc1cc(Cl)cc(N(C)C(=O)C2CN(c3ccc(OC(F)F)cc3)N=C2C)c1. The van der Waals surface area contributed by atoms with Crippen LogP contribution in [0.4, 0.5) is 20.2 Å². The number of alkyl halides is 2. The van der Waals surface area contributed by atoms with Crippen molar-refractivity contribution in [3.05, 3.63) is 47.5 Å². The first-order chi connectivity index (χ1) is 13.8. The molecule has 1 atom stereocenters. The highest BCUT2D eigenvalue weighted by Gasteiger charge is 2.33. The van der Waals surface area contributed by atoms with Gasteiger partial charge in [0.05, 0.1) is 25.3 Å². The summed E-state index contributed by atoms with van der Waals surface area (Å²) in [4.78, 5) is 14.6. The van der Waals surface area contributed by atoms with Crippen molar-refractivity contribution in [1.29, 1.82) is 0 Å². The van der Waals surface area contributed by atoms with E-state index in [0.717, 1.165) is 0 Å². The molecule has 0 saturated heterocycles. The topological polar surface area (TPSA) is 54.4 Å². The molecule has 0 radical (unpaired) electrons. The number of nitrogens with zero attached hydrogens (tertiary/aromatic N) is 3. The van der Waals surface area contributed by atoms with E-state index in [1.165, 1.54) is 24.1 Å². The number of methoxy groups -OCH3 is 1. The quantitative estimate of drug-likeness (QED) is 0.690. The van der Waals surface area contributed by atoms with Crippen LogP contribution in [0.5, 0.6) is 11.5 Å². The van der Waals surface area contributed by atoms with Crippen molar-refractivity contribution in [2.75, 3.05) is 30.6 Å². The van der Waals surface area contributed by atoms with Gasteiger partial charge in [0.2, 0.25) is 5.91 Å². The molecule has 6 nitrogen and oxygen atoms in total. The smallest absolute Gasteiger partial charge is 0.387 e. The highest BCUT2D eigenvalue weighted by molar-refractivity contribution is 6.31. The zero-order valence-electron chi connectivity index (χ0n) is 16.1. The van der Waals surface area contributed by atoms with Crippen molar-refractivity contribution in [3.8, 4) is 11.5 Å². The van der Waals surface area contributed by atoms with Crippen LogP contribution in [0.15, 0.2) is 47.6 Å². The van der Waals surface area contributed by atoms with Gasteiger partial charge in [0, 0.05) is 29.5 Å². The van der Waals surface area contributed by atoms with Gasteiger partial charge < -0.3 is 14.4 Å². The number of carbonyl (C=O) groups is 1. The summed E-state index contributed by atoms with van der Waals surface area (Å²) in [5.41, 5.74) is 1.94. The molecule has 29 heavy (non-hydrogen) atoms. The van der Waals surface area contributed by atoms with Gasteiger partial charge in [-0.25, -0.2) is 0 Å². The van der Waals surface area contributed by atoms with Crippen molar-refractivity contribution >= 4 is 34.6 Å². The lowest BCUT2D eigenvalue weighted by molar-refractivity contribution is -0.119. The number of halogens is 3. The number of ether oxygens (including phenoxy) is 2. The second kappa shape index (κ2) is 8.65. The normalized spacial score (nSPS) is 16.0. The van der Waals surface area contributed by atoms with Crippen molar-refractivity contribution in [1.82, 2.24) is 0 Å². The molecular formula is C20H20ClF2N3O3. The van der Waals surface area contributed by atoms with Crippen LogP contribution in [0.25, 0.3) is 0 Å². The molecule has 1 aliphatic rings. The van der Waals surface area contributed by atoms with Crippen molar-refractivity contribution in [3.63, 3.8) is 0 Å². The summed E-state index contributed by atoms with van der Waals surface area (Å²) in [7, 11) is 3.19. The lowest BCUT2D eigenvalue weighted by atomic mass is 10.0. The Hall–Kier alpha value is -2.87. The van der Waals surface area contributed by atoms with Gasteiger partial charge in [-0.15, -0.1) is 0 Å². The fourth-order valence-electron chi connectivity index (χ4n) is 3.05. The van der Waals surface area contributed by atoms with Gasteiger partial charge in [-0.05, 0) is 43.3 Å². The standard InChI is InChI=1S/C20H20ClF2N3O3/c1-12-18(19(27)25(2)15-8-13(21)9-17(10-15)28-3)11-26(24-12)14-4-6-16(7-5-14)29-20(22)23/h4-10,18,20H,11H2,1-3H3. The maximum absolute atomic E-state index is 13.1. The van der Waals surface area contributed by atoms with E-state index >= 15 is 0 Å². The molecule has 1 unspecified atom stereocenters. The highest BCUT2D eigenvalue weighted by atomic mass is 35.5. The average Bonchev–Trinajstić information content (AvgIpc) is 3.08. The highest BCUT2D eigenvalue weighted by Crippen LogP contribution is 2.30. The zero-order chi connectivity index (χ0) is 21.1. The second-order valence-electron chi connectivity index (χ2n) is 6.49.